The topological polar surface area (TPSA) is 35.0 Å². The van der Waals surface area contributed by atoms with E-state index in [1.807, 2.05) is 32.0 Å². The summed E-state index contributed by atoms with van der Waals surface area (Å²) in [4.78, 5) is 7.95. The van der Waals surface area contributed by atoms with Crippen molar-refractivity contribution in [2.75, 3.05) is 0 Å². The minimum absolute atomic E-state index is 0.407. The number of ether oxygens (including phenoxy) is 1. The van der Waals surface area contributed by atoms with E-state index in [0.717, 1.165) is 21.3 Å². The van der Waals surface area contributed by atoms with Gasteiger partial charge in [-0.3, -0.25) is 0 Å². The summed E-state index contributed by atoms with van der Waals surface area (Å²) in [5.41, 5.74) is 1.75. The summed E-state index contributed by atoms with van der Waals surface area (Å²) in [6.07, 6.45) is 1.39. The van der Waals surface area contributed by atoms with Crippen molar-refractivity contribution in [2.24, 2.45) is 0 Å². The second-order valence-corrected chi connectivity index (χ2v) is 4.88. The van der Waals surface area contributed by atoms with Gasteiger partial charge in [-0.25, -0.2) is 9.97 Å². The van der Waals surface area contributed by atoms with Crippen molar-refractivity contribution < 1.29 is 4.74 Å². The molecule has 2 rings (SSSR count). The highest BCUT2D eigenvalue weighted by Crippen LogP contribution is 2.29. The second kappa shape index (κ2) is 5.02. The van der Waals surface area contributed by atoms with Gasteiger partial charge in [-0.2, -0.15) is 0 Å². The van der Waals surface area contributed by atoms with Crippen LogP contribution in [0.25, 0.3) is 0 Å². The summed E-state index contributed by atoms with van der Waals surface area (Å²) >= 11 is 9.31. The third kappa shape index (κ3) is 2.76. The van der Waals surface area contributed by atoms with Gasteiger partial charge in [0.1, 0.15) is 17.2 Å². The molecule has 0 unspecified atom stereocenters. The van der Waals surface area contributed by atoms with Crippen LogP contribution in [0.5, 0.6) is 11.6 Å². The van der Waals surface area contributed by atoms with E-state index in [2.05, 4.69) is 25.9 Å². The fourth-order valence-electron chi connectivity index (χ4n) is 1.35. The zero-order chi connectivity index (χ0) is 12.4. The Labute approximate surface area is 113 Å². The molecule has 0 aliphatic heterocycles. The molecule has 0 atom stereocenters. The normalized spacial score (nSPS) is 10.4. The molecule has 2 aromatic rings. The van der Waals surface area contributed by atoms with Crippen LogP contribution >= 0.6 is 27.5 Å². The van der Waals surface area contributed by atoms with E-state index >= 15 is 0 Å². The molecule has 5 heteroatoms. The number of rotatable bonds is 2. The molecule has 88 valence electrons. The van der Waals surface area contributed by atoms with Crippen molar-refractivity contribution in [3.63, 3.8) is 0 Å². The highest BCUT2D eigenvalue weighted by atomic mass is 79.9. The third-order valence-electron chi connectivity index (χ3n) is 2.32. The smallest absolute Gasteiger partial charge is 0.226 e. The Bertz CT molecular complexity index is 560. The van der Waals surface area contributed by atoms with E-state index in [4.69, 9.17) is 16.3 Å². The average molecular weight is 314 g/mol. The third-order valence-corrected chi connectivity index (χ3v) is 3.19. The maximum Gasteiger partial charge on any atom is 0.226 e. The van der Waals surface area contributed by atoms with Crippen LogP contribution in [0, 0.1) is 13.8 Å². The van der Waals surface area contributed by atoms with Crippen molar-refractivity contribution >= 4 is 27.5 Å². The lowest BCUT2D eigenvalue weighted by molar-refractivity contribution is 0.454. The van der Waals surface area contributed by atoms with Crippen molar-refractivity contribution in [1.29, 1.82) is 0 Å². The fraction of sp³-hybridized carbons (Fsp3) is 0.167. The predicted octanol–water partition coefficient (Wildman–Crippen LogP) is 4.30. The summed E-state index contributed by atoms with van der Waals surface area (Å²) < 4.78 is 6.73. The molecule has 1 aromatic carbocycles. The summed E-state index contributed by atoms with van der Waals surface area (Å²) in [5, 5.41) is 0.407. The Morgan fingerprint density at radius 1 is 1.24 bits per heavy atom. The van der Waals surface area contributed by atoms with Crippen LogP contribution in [-0.4, -0.2) is 9.97 Å². The minimum atomic E-state index is 0.407. The van der Waals surface area contributed by atoms with Crippen LogP contribution in [0.2, 0.25) is 5.15 Å². The van der Waals surface area contributed by atoms with Gasteiger partial charge in [0.05, 0.1) is 0 Å². The van der Waals surface area contributed by atoms with Gasteiger partial charge in [-0.1, -0.05) is 27.5 Å². The second-order valence-electron chi connectivity index (χ2n) is 3.61. The van der Waals surface area contributed by atoms with E-state index in [9.17, 15) is 0 Å². The fourth-order valence-corrected chi connectivity index (χ4v) is 1.95. The van der Waals surface area contributed by atoms with Crippen LogP contribution in [0.1, 0.15) is 11.1 Å². The Morgan fingerprint density at radius 2 is 2.00 bits per heavy atom. The van der Waals surface area contributed by atoms with Crippen molar-refractivity contribution in [1.82, 2.24) is 9.97 Å². The maximum absolute atomic E-state index is 5.91. The Balaban J connectivity index is 2.35. The van der Waals surface area contributed by atoms with Gasteiger partial charge >= 0.3 is 0 Å². The minimum Gasteiger partial charge on any atom is -0.438 e. The molecule has 0 radical (unpaired) electrons. The Morgan fingerprint density at radius 3 is 2.71 bits per heavy atom. The van der Waals surface area contributed by atoms with Gasteiger partial charge in [0, 0.05) is 10.0 Å². The van der Waals surface area contributed by atoms with Gasteiger partial charge in [0.25, 0.3) is 0 Å². The summed E-state index contributed by atoms with van der Waals surface area (Å²) in [6, 6.07) is 5.78. The molecular formula is C12H10BrClN2O. The molecule has 3 nitrogen and oxygen atoms in total. The number of hydrogen-bond acceptors (Lipinski definition) is 3. The van der Waals surface area contributed by atoms with Gasteiger partial charge in [0.15, 0.2) is 0 Å². The molecule has 0 aliphatic rings. The van der Waals surface area contributed by atoms with E-state index in [1.54, 1.807) is 0 Å². The van der Waals surface area contributed by atoms with E-state index in [-0.39, 0.29) is 0 Å². The SMILES string of the molecule is Cc1cc(Br)ccc1Oc1ncnc(Cl)c1C. The highest BCUT2D eigenvalue weighted by molar-refractivity contribution is 9.10. The molecule has 0 spiro atoms. The van der Waals surface area contributed by atoms with Crippen LogP contribution in [0.4, 0.5) is 0 Å². The molecule has 1 heterocycles. The average Bonchev–Trinajstić information content (AvgIpc) is 2.28. The molecule has 17 heavy (non-hydrogen) atoms. The first kappa shape index (κ1) is 12.3. The maximum atomic E-state index is 5.91. The molecule has 0 saturated heterocycles. The van der Waals surface area contributed by atoms with Crippen molar-refractivity contribution in [2.45, 2.75) is 13.8 Å². The molecule has 0 N–H and O–H groups in total. The lowest BCUT2D eigenvalue weighted by atomic mass is 10.2. The van der Waals surface area contributed by atoms with Crippen LogP contribution in [0.15, 0.2) is 29.0 Å². The van der Waals surface area contributed by atoms with Crippen molar-refractivity contribution in [3.8, 4) is 11.6 Å². The zero-order valence-electron chi connectivity index (χ0n) is 9.37. The number of nitrogens with zero attached hydrogens (tertiary/aromatic N) is 2. The summed E-state index contributed by atoms with van der Waals surface area (Å²) in [5.74, 6) is 1.24. The van der Waals surface area contributed by atoms with Gasteiger partial charge in [-0.15, -0.1) is 0 Å². The van der Waals surface area contributed by atoms with E-state index < -0.39 is 0 Å². The van der Waals surface area contributed by atoms with Crippen molar-refractivity contribution in [3.05, 3.63) is 45.3 Å². The first-order chi connectivity index (χ1) is 8.08. The highest BCUT2D eigenvalue weighted by Gasteiger charge is 2.08. The number of hydrogen-bond donors (Lipinski definition) is 0. The molecular weight excluding hydrogens is 304 g/mol. The van der Waals surface area contributed by atoms with Gasteiger partial charge in [0.2, 0.25) is 5.88 Å². The molecule has 0 amide bonds. The number of halogens is 2. The lowest BCUT2D eigenvalue weighted by Gasteiger charge is -2.10. The van der Waals surface area contributed by atoms with Crippen LogP contribution in [-0.2, 0) is 0 Å². The van der Waals surface area contributed by atoms with E-state index in [0.29, 0.717) is 11.0 Å². The Kier molecular flexibility index (Phi) is 3.64. The number of benzene rings is 1. The Hall–Kier alpha value is -1.13. The predicted molar refractivity (Wildman–Crippen MR) is 70.7 cm³/mol. The molecule has 1 aromatic heterocycles. The summed E-state index contributed by atoms with van der Waals surface area (Å²) in [7, 11) is 0. The number of aryl methyl sites for hydroxylation is 1. The zero-order valence-corrected chi connectivity index (χ0v) is 11.7. The molecule has 0 bridgehead atoms. The first-order valence-electron chi connectivity index (χ1n) is 4.99. The standard InChI is InChI=1S/C12H10BrClN2O/c1-7-5-9(13)3-4-10(7)17-12-8(2)11(14)15-6-16-12/h3-6H,1-2H3. The first-order valence-corrected chi connectivity index (χ1v) is 6.16. The van der Waals surface area contributed by atoms with Gasteiger partial charge < -0.3 is 4.74 Å². The van der Waals surface area contributed by atoms with Crippen LogP contribution < -0.4 is 4.74 Å². The molecule has 0 aliphatic carbocycles. The lowest BCUT2D eigenvalue weighted by Crippen LogP contribution is -1.95. The molecule has 0 saturated carbocycles. The summed E-state index contributed by atoms with van der Waals surface area (Å²) in [6.45, 7) is 3.80. The van der Waals surface area contributed by atoms with E-state index in [1.165, 1.54) is 6.33 Å². The largest absolute Gasteiger partial charge is 0.438 e. The van der Waals surface area contributed by atoms with Crippen LogP contribution in [0.3, 0.4) is 0 Å². The molecule has 0 fully saturated rings. The van der Waals surface area contributed by atoms with Gasteiger partial charge in [-0.05, 0) is 37.6 Å². The number of aromatic nitrogens is 2. The quantitative estimate of drug-likeness (QED) is 0.775. The monoisotopic (exact) mass is 312 g/mol.